The molecular formula is C28H38N4O7S. The largest absolute Gasteiger partial charge is 0.495 e. The van der Waals surface area contributed by atoms with Crippen LogP contribution in [0, 0.1) is 17.0 Å². The van der Waals surface area contributed by atoms with Crippen molar-refractivity contribution in [2.45, 2.75) is 71.0 Å². The zero-order chi connectivity index (χ0) is 29.4. The number of non-ortho nitro benzene ring substituents is 1. The highest BCUT2D eigenvalue weighted by molar-refractivity contribution is 7.92. The van der Waals surface area contributed by atoms with Crippen molar-refractivity contribution in [3.8, 4) is 5.75 Å². The standard InChI is InChI=1S/C28H38N4O7S/c1-5-24(28(34)29-22-9-7-6-8-10-22)30(18-21-13-11-20(2)12-14-21)27(33)19-31(40(4,37)38)25-17-23(32(35)36)15-16-26(25)39-3/h11-17,22,24H,5-10,18-19H2,1-4H3,(H,29,34)/t24-/m0/s1. The van der Waals surface area contributed by atoms with Crippen molar-refractivity contribution in [2.24, 2.45) is 0 Å². The quantitative estimate of drug-likeness (QED) is 0.299. The molecule has 1 N–H and O–H groups in total. The van der Waals surface area contributed by atoms with Crippen LogP contribution in [0.15, 0.2) is 42.5 Å². The van der Waals surface area contributed by atoms with Gasteiger partial charge in [-0.25, -0.2) is 8.42 Å². The summed E-state index contributed by atoms with van der Waals surface area (Å²) in [6.07, 6.45) is 6.17. The molecule has 11 nitrogen and oxygen atoms in total. The zero-order valence-corrected chi connectivity index (χ0v) is 24.3. The van der Waals surface area contributed by atoms with Gasteiger partial charge in [0.15, 0.2) is 0 Å². The molecule has 1 saturated carbocycles. The maximum atomic E-state index is 13.9. The number of carbonyl (C=O) groups excluding carboxylic acids is 2. The van der Waals surface area contributed by atoms with Gasteiger partial charge in [-0.2, -0.15) is 0 Å². The summed E-state index contributed by atoms with van der Waals surface area (Å²) in [5.41, 5.74) is 1.32. The number of nitro groups is 1. The van der Waals surface area contributed by atoms with Crippen LogP contribution in [0.25, 0.3) is 0 Å². The Balaban J connectivity index is 1.99. The maximum Gasteiger partial charge on any atom is 0.271 e. The van der Waals surface area contributed by atoms with E-state index in [0.29, 0.717) is 6.42 Å². The Hall–Kier alpha value is -3.67. The molecule has 2 aromatic carbocycles. The zero-order valence-electron chi connectivity index (χ0n) is 23.5. The second-order valence-corrected chi connectivity index (χ2v) is 12.1. The third-order valence-corrected chi connectivity index (χ3v) is 8.26. The van der Waals surface area contributed by atoms with E-state index in [2.05, 4.69) is 5.32 Å². The SMILES string of the molecule is CC[C@@H](C(=O)NC1CCCCC1)N(Cc1ccc(C)cc1)C(=O)CN(c1cc([N+](=O)[O-])ccc1OC)S(C)(=O)=O. The molecule has 2 amide bonds. The number of benzene rings is 2. The first-order valence-electron chi connectivity index (χ1n) is 13.4. The summed E-state index contributed by atoms with van der Waals surface area (Å²) < 4.78 is 31.9. The number of hydrogen-bond donors (Lipinski definition) is 1. The van der Waals surface area contributed by atoms with Crippen molar-refractivity contribution in [3.63, 3.8) is 0 Å². The number of nitro benzene ring substituents is 1. The highest BCUT2D eigenvalue weighted by Gasteiger charge is 2.34. The van der Waals surface area contributed by atoms with Gasteiger partial charge < -0.3 is 15.0 Å². The smallest absolute Gasteiger partial charge is 0.271 e. The van der Waals surface area contributed by atoms with Gasteiger partial charge in [0.25, 0.3) is 5.69 Å². The first kappa shape index (κ1) is 30.9. The number of ether oxygens (including phenoxy) is 1. The summed E-state index contributed by atoms with van der Waals surface area (Å²) in [7, 11) is -2.79. The molecule has 0 aromatic heterocycles. The maximum absolute atomic E-state index is 13.9. The van der Waals surface area contributed by atoms with Crippen molar-refractivity contribution < 1.29 is 27.7 Å². The van der Waals surface area contributed by atoms with Crippen molar-refractivity contribution in [2.75, 3.05) is 24.2 Å². The Morgan fingerprint density at radius 3 is 2.33 bits per heavy atom. The summed E-state index contributed by atoms with van der Waals surface area (Å²) >= 11 is 0. The second kappa shape index (κ2) is 13.6. The summed E-state index contributed by atoms with van der Waals surface area (Å²) in [6, 6.07) is 10.3. The third kappa shape index (κ3) is 7.93. The highest BCUT2D eigenvalue weighted by atomic mass is 32.2. The second-order valence-electron chi connectivity index (χ2n) is 10.2. The minimum Gasteiger partial charge on any atom is -0.495 e. The van der Waals surface area contributed by atoms with Gasteiger partial charge in [-0.1, -0.05) is 56.0 Å². The van der Waals surface area contributed by atoms with Crippen LogP contribution in [0.1, 0.15) is 56.6 Å². The van der Waals surface area contributed by atoms with Crippen LogP contribution in [0.4, 0.5) is 11.4 Å². The van der Waals surface area contributed by atoms with Crippen LogP contribution in [-0.2, 0) is 26.2 Å². The molecule has 0 spiro atoms. The number of aryl methyl sites for hydroxylation is 1. The lowest BCUT2D eigenvalue weighted by atomic mass is 9.95. The number of anilines is 1. The van der Waals surface area contributed by atoms with E-state index in [0.717, 1.165) is 59.9 Å². The third-order valence-electron chi connectivity index (χ3n) is 7.13. The van der Waals surface area contributed by atoms with Crippen molar-refractivity contribution in [1.82, 2.24) is 10.2 Å². The Morgan fingerprint density at radius 2 is 1.77 bits per heavy atom. The Labute approximate surface area is 235 Å². The van der Waals surface area contributed by atoms with Gasteiger partial charge in [0, 0.05) is 24.7 Å². The molecule has 0 bridgehead atoms. The molecule has 0 saturated heterocycles. The molecule has 2 aromatic rings. The highest BCUT2D eigenvalue weighted by Crippen LogP contribution is 2.34. The fourth-order valence-electron chi connectivity index (χ4n) is 4.94. The molecule has 0 heterocycles. The van der Waals surface area contributed by atoms with Gasteiger partial charge in [-0.05, 0) is 37.8 Å². The van der Waals surface area contributed by atoms with Crippen molar-refractivity contribution in [3.05, 3.63) is 63.7 Å². The fourth-order valence-corrected chi connectivity index (χ4v) is 5.78. The molecule has 1 atom stereocenters. The summed E-state index contributed by atoms with van der Waals surface area (Å²) in [5, 5.41) is 14.5. The number of hydrogen-bond acceptors (Lipinski definition) is 7. The Kier molecular flexibility index (Phi) is 10.5. The van der Waals surface area contributed by atoms with Gasteiger partial charge >= 0.3 is 0 Å². The number of amides is 2. The van der Waals surface area contributed by atoms with Crippen molar-refractivity contribution in [1.29, 1.82) is 0 Å². The van der Waals surface area contributed by atoms with E-state index in [4.69, 9.17) is 4.74 Å². The molecule has 0 aliphatic heterocycles. The Morgan fingerprint density at radius 1 is 1.12 bits per heavy atom. The number of nitrogens with zero attached hydrogens (tertiary/aromatic N) is 3. The molecule has 12 heteroatoms. The molecule has 1 fully saturated rings. The topological polar surface area (TPSA) is 139 Å². The minimum atomic E-state index is -4.09. The normalized spacial score (nSPS) is 14.7. The van der Waals surface area contributed by atoms with Gasteiger partial charge in [0.1, 0.15) is 24.0 Å². The van der Waals surface area contributed by atoms with E-state index in [9.17, 15) is 28.1 Å². The van der Waals surface area contributed by atoms with Gasteiger partial charge in [0.2, 0.25) is 21.8 Å². The summed E-state index contributed by atoms with van der Waals surface area (Å²) in [5.74, 6) is -0.852. The van der Waals surface area contributed by atoms with Crippen LogP contribution < -0.4 is 14.4 Å². The average molecular weight is 575 g/mol. The van der Waals surface area contributed by atoms with Crippen LogP contribution in [-0.4, -0.2) is 62.0 Å². The number of methoxy groups -OCH3 is 1. The van der Waals surface area contributed by atoms with Crippen LogP contribution in [0.2, 0.25) is 0 Å². The molecule has 1 aliphatic carbocycles. The van der Waals surface area contributed by atoms with Crippen LogP contribution in [0.3, 0.4) is 0 Å². The van der Waals surface area contributed by atoms with E-state index in [1.807, 2.05) is 31.2 Å². The Bertz CT molecular complexity index is 1310. The lowest BCUT2D eigenvalue weighted by Gasteiger charge is -2.34. The number of carbonyl (C=O) groups is 2. The lowest BCUT2D eigenvalue weighted by molar-refractivity contribution is -0.384. The molecule has 3 rings (SSSR count). The average Bonchev–Trinajstić information content (AvgIpc) is 2.92. The molecular weight excluding hydrogens is 536 g/mol. The number of nitrogens with one attached hydrogen (secondary N) is 1. The number of rotatable bonds is 12. The predicted molar refractivity (Wildman–Crippen MR) is 153 cm³/mol. The molecule has 218 valence electrons. The predicted octanol–water partition coefficient (Wildman–Crippen LogP) is 3.93. The summed E-state index contributed by atoms with van der Waals surface area (Å²) in [6.45, 7) is 3.16. The lowest BCUT2D eigenvalue weighted by Crippen LogP contribution is -2.54. The van der Waals surface area contributed by atoms with E-state index in [1.165, 1.54) is 24.1 Å². The molecule has 0 unspecified atom stereocenters. The van der Waals surface area contributed by atoms with E-state index < -0.39 is 33.4 Å². The van der Waals surface area contributed by atoms with Crippen LogP contribution >= 0.6 is 0 Å². The first-order valence-corrected chi connectivity index (χ1v) is 15.2. The fraction of sp³-hybridized carbons (Fsp3) is 0.500. The van der Waals surface area contributed by atoms with Crippen LogP contribution in [0.5, 0.6) is 5.75 Å². The summed E-state index contributed by atoms with van der Waals surface area (Å²) in [4.78, 5) is 39.6. The van der Waals surface area contributed by atoms with Crippen molar-refractivity contribution >= 4 is 33.2 Å². The first-order chi connectivity index (χ1) is 18.9. The van der Waals surface area contributed by atoms with Gasteiger partial charge in [0.05, 0.1) is 18.3 Å². The number of sulfonamides is 1. The van der Waals surface area contributed by atoms with E-state index in [1.54, 1.807) is 6.92 Å². The molecule has 40 heavy (non-hydrogen) atoms. The van der Waals surface area contributed by atoms with Gasteiger partial charge in [-0.3, -0.25) is 24.0 Å². The molecule has 1 aliphatic rings. The van der Waals surface area contributed by atoms with E-state index in [-0.39, 0.29) is 35.6 Å². The minimum absolute atomic E-state index is 0.0354. The van der Waals surface area contributed by atoms with Gasteiger partial charge in [-0.15, -0.1) is 0 Å². The monoisotopic (exact) mass is 574 g/mol. The van der Waals surface area contributed by atoms with E-state index >= 15 is 0 Å². The molecule has 0 radical (unpaired) electrons.